The van der Waals surface area contributed by atoms with Crippen LogP contribution in [0.1, 0.15) is 32.9 Å². The van der Waals surface area contributed by atoms with Gasteiger partial charge in [-0.05, 0) is 61.9 Å². The summed E-state index contributed by atoms with van der Waals surface area (Å²) in [6.45, 7) is 4.30. The second-order valence-electron chi connectivity index (χ2n) is 7.92. The van der Waals surface area contributed by atoms with Crippen LogP contribution in [0, 0.1) is 13.8 Å². The van der Waals surface area contributed by atoms with Crippen LogP contribution in [0.2, 0.25) is 0 Å². The molecule has 33 heavy (non-hydrogen) atoms. The highest BCUT2D eigenvalue weighted by molar-refractivity contribution is 7.84. The van der Waals surface area contributed by atoms with Crippen LogP contribution in [0.4, 0.5) is 0 Å². The molecule has 1 amide bonds. The molecule has 4 aromatic rings. The largest absolute Gasteiger partial charge is 0.441 e. The highest BCUT2D eigenvalue weighted by Crippen LogP contribution is 2.24. The molecule has 0 aliphatic rings. The fraction of sp³-hybridized carbons (Fsp3) is 0.192. The minimum absolute atomic E-state index is 0.0804. The topological polar surface area (TPSA) is 76.3 Å². The van der Waals surface area contributed by atoms with E-state index in [0.29, 0.717) is 29.5 Å². The van der Waals surface area contributed by atoms with Crippen molar-refractivity contribution < 1.29 is 13.4 Å². The minimum atomic E-state index is -1.21. The Kier molecular flexibility index (Phi) is 6.79. The van der Waals surface area contributed by atoms with Gasteiger partial charge >= 0.3 is 0 Å². The monoisotopic (exact) mass is 459 g/mol. The van der Waals surface area contributed by atoms with Gasteiger partial charge in [0.15, 0.2) is 0 Å². The van der Waals surface area contributed by atoms with E-state index in [2.05, 4.69) is 9.97 Å². The summed E-state index contributed by atoms with van der Waals surface area (Å²) < 4.78 is 18.6. The number of oxazole rings is 1. The van der Waals surface area contributed by atoms with E-state index in [1.165, 1.54) is 0 Å². The molecule has 0 fully saturated rings. The van der Waals surface area contributed by atoms with Crippen molar-refractivity contribution >= 4 is 16.7 Å². The molecule has 1 unspecified atom stereocenters. The van der Waals surface area contributed by atoms with E-state index >= 15 is 0 Å². The van der Waals surface area contributed by atoms with Crippen molar-refractivity contribution in [1.82, 2.24) is 14.9 Å². The number of nitrogens with zero attached hydrogens (tertiary/aromatic N) is 3. The summed E-state index contributed by atoms with van der Waals surface area (Å²) in [5.41, 5.74) is 4.10. The Bertz CT molecular complexity index is 1270. The lowest BCUT2D eigenvalue weighted by atomic mass is 10.1. The standard InChI is InChI=1S/C26H25N3O3S/c1-18-6-12-23(13-7-18)33(31)17-24-19(2)32-25(28-24)21-8-10-22(11-9-21)26(30)29(3)16-20-5-4-14-27-15-20/h4-15H,16-17H2,1-3H3. The van der Waals surface area contributed by atoms with Gasteiger partial charge in [0.25, 0.3) is 5.91 Å². The lowest BCUT2D eigenvalue weighted by molar-refractivity contribution is 0.0785. The molecule has 1 atom stereocenters. The number of amides is 1. The molecule has 0 bridgehead atoms. The predicted octanol–water partition coefficient (Wildman–Crippen LogP) is 4.93. The maximum Gasteiger partial charge on any atom is 0.253 e. The van der Waals surface area contributed by atoms with Gasteiger partial charge in [0.2, 0.25) is 5.89 Å². The van der Waals surface area contributed by atoms with Crippen LogP contribution in [0.3, 0.4) is 0 Å². The molecule has 4 rings (SSSR count). The third kappa shape index (κ3) is 5.43. The molecular formula is C26H25N3O3S. The number of carbonyl (C=O) groups excluding carboxylic acids is 1. The van der Waals surface area contributed by atoms with Gasteiger partial charge in [-0.3, -0.25) is 14.0 Å². The molecule has 0 radical (unpaired) electrons. The maximum atomic E-state index is 12.8. The molecule has 2 aromatic heterocycles. The first-order valence-electron chi connectivity index (χ1n) is 10.6. The van der Waals surface area contributed by atoms with Gasteiger partial charge in [-0.1, -0.05) is 23.8 Å². The summed E-state index contributed by atoms with van der Waals surface area (Å²) >= 11 is 0. The summed E-state index contributed by atoms with van der Waals surface area (Å²) in [5, 5.41) is 0. The van der Waals surface area contributed by atoms with Crippen LogP contribution in [-0.2, 0) is 23.1 Å². The van der Waals surface area contributed by atoms with Crippen LogP contribution in [-0.4, -0.2) is 32.0 Å². The van der Waals surface area contributed by atoms with Crippen LogP contribution in [0.5, 0.6) is 0 Å². The first-order valence-corrected chi connectivity index (χ1v) is 11.9. The van der Waals surface area contributed by atoms with E-state index in [4.69, 9.17) is 4.42 Å². The van der Waals surface area contributed by atoms with Crippen LogP contribution < -0.4 is 0 Å². The zero-order valence-corrected chi connectivity index (χ0v) is 19.6. The van der Waals surface area contributed by atoms with Crippen molar-refractivity contribution in [3.63, 3.8) is 0 Å². The van der Waals surface area contributed by atoms with Gasteiger partial charge in [0, 0.05) is 42.0 Å². The van der Waals surface area contributed by atoms with Crippen molar-refractivity contribution in [2.24, 2.45) is 0 Å². The molecule has 7 heteroatoms. The highest BCUT2D eigenvalue weighted by atomic mass is 32.2. The summed E-state index contributed by atoms with van der Waals surface area (Å²) in [6, 6.07) is 18.6. The third-order valence-corrected chi connectivity index (χ3v) is 6.65. The molecule has 0 aliphatic heterocycles. The Balaban J connectivity index is 1.45. The lowest BCUT2D eigenvalue weighted by Gasteiger charge is -2.17. The smallest absolute Gasteiger partial charge is 0.253 e. The zero-order valence-electron chi connectivity index (χ0n) is 18.8. The average molecular weight is 460 g/mol. The second kappa shape index (κ2) is 9.92. The van der Waals surface area contributed by atoms with Crippen LogP contribution >= 0.6 is 0 Å². The SMILES string of the molecule is Cc1ccc(S(=O)Cc2nc(-c3ccc(C(=O)N(C)Cc4cccnc4)cc3)oc2C)cc1. The molecule has 168 valence electrons. The third-order valence-electron chi connectivity index (χ3n) is 5.31. The molecule has 2 heterocycles. The Hall–Kier alpha value is -3.58. The van der Waals surface area contributed by atoms with Crippen molar-refractivity contribution in [2.45, 2.75) is 31.0 Å². The molecule has 0 N–H and O–H groups in total. The number of benzene rings is 2. The minimum Gasteiger partial charge on any atom is -0.441 e. The summed E-state index contributed by atoms with van der Waals surface area (Å²) in [6.07, 6.45) is 3.46. The van der Waals surface area contributed by atoms with E-state index in [1.807, 2.05) is 62.4 Å². The number of aryl methyl sites for hydroxylation is 2. The number of aromatic nitrogens is 2. The van der Waals surface area contributed by atoms with E-state index in [-0.39, 0.29) is 11.7 Å². The summed E-state index contributed by atoms with van der Waals surface area (Å²) in [5.74, 6) is 1.30. The Morgan fingerprint density at radius 1 is 1.03 bits per heavy atom. The van der Waals surface area contributed by atoms with Gasteiger partial charge in [0.05, 0.1) is 22.2 Å². The maximum absolute atomic E-state index is 12.8. The van der Waals surface area contributed by atoms with Gasteiger partial charge in [0.1, 0.15) is 5.76 Å². The zero-order chi connectivity index (χ0) is 23.4. The fourth-order valence-electron chi connectivity index (χ4n) is 3.40. The first kappa shape index (κ1) is 22.6. The summed E-state index contributed by atoms with van der Waals surface area (Å²) in [4.78, 5) is 23.8. The average Bonchev–Trinajstić information content (AvgIpc) is 3.19. The Labute approximate surface area is 195 Å². The van der Waals surface area contributed by atoms with Crippen LogP contribution in [0.15, 0.2) is 82.4 Å². The Morgan fingerprint density at radius 2 is 1.76 bits per heavy atom. The Morgan fingerprint density at radius 3 is 2.42 bits per heavy atom. The highest BCUT2D eigenvalue weighted by Gasteiger charge is 2.17. The van der Waals surface area contributed by atoms with E-state index in [0.717, 1.165) is 21.6 Å². The van der Waals surface area contributed by atoms with E-state index in [1.54, 1.807) is 36.5 Å². The molecular weight excluding hydrogens is 434 g/mol. The number of rotatable bonds is 7. The second-order valence-corrected chi connectivity index (χ2v) is 9.38. The lowest BCUT2D eigenvalue weighted by Crippen LogP contribution is -2.26. The molecule has 0 saturated carbocycles. The molecule has 0 aliphatic carbocycles. The summed E-state index contributed by atoms with van der Waals surface area (Å²) in [7, 11) is 0.560. The first-order chi connectivity index (χ1) is 15.9. The van der Waals surface area contributed by atoms with Crippen molar-refractivity contribution in [3.05, 3.63) is 101 Å². The van der Waals surface area contributed by atoms with Crippen molar-refractivity contribution in [2.75, 3.05) is 7.05 Å². The van der Waals surface area contributed by atoms with Crippen molar-refractivity contribution in [1.29, 1.82) is 0 Å². The van der Waals surface area contributed by atoms with Crippen molar-refractivity contribution in [3.8, 4) is 11.5 Å². The molecule has 6 nitrogen and oxygen atoms in total. The molecule has 0 spiro atoms. The quantitative estimate of drug-likeness (QED) is 0.392. The van der Waals surface area contributed by atoms with Crippen LogP contribution in [0.25, 0.3) is 11.5 Å². The predicted molar refractivity (Wildman–Crippen MR) is 128 cm³/mol. The van der Waals surface area contributed by atoms with Gasteiger partial charge in [-0.2, -0.15) is 0 Å². The number of pyridine rings is 1. The fourth-order valence-corrected chi connectivity index (χ4v) is 4.52. The van der Waals surface area contributed by atoms with Gasteiger partial charge in [-0.25, -0.2) is 4.98 Å². The van der Waals surface area contributed by atoms with Gasteiger partial charge < -0.3 is 9.32 Å². The number of hydrogen-bond acceptors (Lipinski definition) is 5. The molecule has 0 saturated heterocycles. The number of carbonyl (C=O) groups is 1. The normalized spacial score (nSPS) is 11.8. The van der Waals surface area contributed by atoms with Gasteiger partial charge in [-0.15, -0.1) is 0 Å². The molecule has 2 aromatic carbocycles. The van der Waals surface area contributed by atoms with E-state index in [9.17, 15) is 9.00 Å². The number of hydrogen-bond donors (Lipinski definition) is 0. The van der Waals surface area contributed by atoms with E-state index < -0.39 is 10.8 Å².